The lowest BCUT2D eigenvalue weighted by atomic mass is 10.2. The number of hydrogen-bond acceptors (Lipinski definition) is 3. The van der Waals surface area contributed by atoms with Crippen LogP contribution < -0.4 is 4.90 Å². The van der Waals surface area contributed by atoms with Crippen molar-refractivity contribution in [2.75, 3.05) is 44.2 Å². The van der Waals surface area contributed by atoms with Crippen molar-refractivity contribution in [1.29, 1.82) is 0 Å². The van der Waals surface area contributed by atoms with Gasteiger partial charge in [-0.1, -0.05) is 23.2 Å². The van der Waals surface area contributed by atoms with E-state index >= 15 is 0 Å². The second kappa shape index (κ2) is 5.91. The molecule has 0 spiro atoms. The fraction of sp³-hybridized carbons (Fsp3) is 0.500. The summed E-state index contributed by atoms with van der Waals surface area (Å²) in [5.74, 6) is 0. The zero-order valence-electron chi connectivity index (χ0n) is 9.57. The Kier molecular flexibility index (Phi) is 4.51. The first-order valence-corrected chi connectivity index (χ1v) is 6.49. The van der Waals surface area contributed by atoms with Crippen LogP contribution in [0.3, 0.4) is 0 Å². The zero-order chi connectivity index (χ0) is 12.3. The number of benzene rings is 1. The predicted octanol–water partition coefficient (Wildman–Crippen LogP) is 2.11. The quantitative estimate of drug-likeness (QED) is 0.915. The van der Waals surface area contributed by atoms with Crippen LogP contribution in [0.15, 0.2) is 18.2 Å². The average molecular weight is 275 g/mol. The molecule has 1 aliphatic heterocycles. The Balaban J connectivity index is 2.00. The highest BCUT2D eigenvalue weighted by molar-refractivity contribution is 6.35. The Hall–Kier alpha value is -0.480. The van der Waals surface area contributed by atoms with Gasteiger partial charge >= 0.3 is 0 Å². The molecule has 1 N–H and O–H groups in total. The maximum atomic E-state index is 8.88. The molecule has 17 heavy (non-hydrogen) atoms. The summed E-state index contributed by atoms with van der Waals surface area (Å²) in [7, 11) is 0. The molecule has 0 amide bonds. The van der Waals surface area contributed by atoms with E-state index in [0.29, 0.717) is 10.0 Å². The molecule has 0 bridgehead atoms. The van der Waals surface area contributed by atoms with Gasteiger partial charge in [0, 0.05) is 48.5 Å². The second-order valence-corrected chi connectivity index (χ2v) is 5.05. The topological polar surface area (TPSA) is 26.7 Å². The van der Waals surface area contributed by atoms with Crippen LogP contribution in [0.1, 0.15) is 0 Å². The molecule has 2 rings (SSSR count). The Morgan fingerprint density at radius 1 is 1.00 bits per heavy atom. The molecule has 0 radical (unpaired) electrons. The lowest BCUT2D eigenvalue weighted by molar-refractivity contribution is 0.189. The molecule has 5 heteroatoms. The first kappa shape index (κ1) is 13.0. The predicted molar refractivity (Wildman–Crippen MR) is 72.2 cm³/mol. The van der Waals surface area contributed by atoms with Gasteiger partial charge in [0.1, 0.15) is 0 Å². The van der Waals surface area contributed by atoms with Gasteiger partial charge in [-0.25, -0.2) is 0 Å². The van der Waals surface area contributed by atoms with Crippen LogP contribution in [0.5, 0.6) is 0 Å². The number of anilines is 1. The smallest absolute Gasteiger partial charge is 0.0558 e. The molecule has 0 atom stereocenters. The largest absolute Gasteiger partial charge is 0.395 e. The van der Waals surface area contributed by atoms with Gasteiger partial charge in [-0.2, -0.15) is 0 Å². The van der Waals surface area contributed by atoms with E-state index in [2.05, 4.69) is 9.80 Å². The van der Waals surface area contributed by atoms with Crippen molar-refractivity contribution in [3.05, 3.63) is 28.2 Å². The van der Waals surface area contributed by atoms with Gasteiger partial charge in [-0.3, -0.25) is 4.90 Å². The summed E-state index contributed by atoms with van der Waals surface area (Å²) < 4.78 is 0. The fourth-order valence-electron chi connectivity index (χ4n) is 2.09. The average Bonchev–Trinajstić information content (AvgIpc) is 2.29. The monoisotopic (exact) mass is 274 g/mol. The summed E-state index contributed by atoms with van der Waals surface area (Å²) in [6.45, 7) is 4.79. The third-order valence-electron chi connectivity index (χ3n) is 3.00. The maximum Gasteiger partial charge on any atom is 0.0558 e. The van der Waals surface area contributed by atoms with Crippen LogP contribution in [0, 0.1) is 0 Å². The maximum absolute atomic E-state index is 8.88. The Bertz CT molecular complexity index is 359. The molecule has 0 aromatic heterocycles. The van der Waals surface area contributed by atoms with Crippen LogP contribution in [0.25, 0.3) is 0 Å². The molecule has 1 aliphatic rings. The highest BCUT2D eigenvalue weighted by atomic mass is 35.5. The Morgan fingerprint density at radius 3 is 2.12 bits per heavy atom. The first-order valence-electron chi connectivity index (χ1n) is 5.73. The van der Waals surface area contributed by atoms with E-state index in [9.17, 15) is 0 Å². The minimum Gasteiger partial charge on any atom is -0.395 e. The van der Waals surface area contributed by atoms with E-state index in [1.165, 1.54) is 0 Å². The van der Waals surface area contributed by atoms with E-state index in [4.69, 9.17) is 28.3 Å². The van der Waals surface area contributed by atoms with Crippen LogP contribution in [-0.4, -0.2) is 49.3 Å². The molecule has 1 fully saturated rings. The Labute approximate surface area is 112 Å². The second-order valence-electron chi connectivity index (χ2n) is 4.18. The standard InChI is InChI=1S/C12H16Cl2N2O/c13-10-7-11(14)9-12(8-10)16-3-1-15(2-4-16)5-6-17/h7-9,17H,1-6H2. The lowest BCUT2D eigenvalue weighted by Crippen LogP contribution is -2.47. The summed E-state index contributed by atoms with van der Waals surface area (Å²) in [6, 6.07) is 5.62. The Morgan fingerprint density at radius 2 is 1.59 bits per heavy atom. The lowest BCUT2D eigenvalue weighted by Gasteiger charge is -2.35. The molecular formula is C12H16Cl2N2O. The van der Waals surface area contributed by atoms with Crippen molar-refractivity contribution in [1.82, 2.24) is 4.90 Å². The number of β-amino-alcohol motifs (C(OH)–C–C–N with tert-alkyl or cyclic N) is 1. The van der Waals surface area contributed by atoms with Crippen molar-refractivity contribution in [2.45, 2.75) is 0 Å². The molecule has 0 aliphatic carbocycles. The minimum atomic E-state index is 0.225. The summed E-state index contributed by atoms with van der Waals surface area (Å²) in [5.41, 5.74) is 1.08. The van der Waals surface area contributed by atoms with Crippen molar-refractivity contribution in [3.8, 4) is 0 Å². The van der Waals surface area contributed by atoms with E-state index in [1.807, 2.05) is 12.1 Å². The highest BCUT2D eigenvalue weighted by Crippen LogP contribution is 2.26. The third-order valence-corrected chi connectivity index (χ3v) is 3.44. The van der Waals surface area contributed by atoms with Crippen molar-refractivity contribution >= 4 is 28.9 Å². The van der Waals surface area contributed by atoms with Gasteiger partial charge < -0.3 is 10.0 Å². The molecule has 3 nitrogen and oxygen atoms in total. The van der Waals surface area contributed by atoms with Crippen molar-refractivity contribution in [2.24, 2.45) is 0 Å². The van der Waals surface area contributed by atoms with Gasteiger partial charge in [-0.05, 0) is 18.2 Å². The minimum absolute atomic E-state index is 0.225. The fourth-order valence-corrected chi connectivity index (χ4v) is 2.61. The summed E-state index contributed by atoms with van der Waals surface area (Å²) in [4.78, 5) is 4.52. The van der Waals surface area contributed by atoms with Crippen LogP contribution >= 0.6 is 23.2 Å². The van der Waals surface area contributed by atoms with Crippen LogP contribution in [0.2, 0.25) is 10.0 Å². The molecule has 94 valence electrons. The van der Waals surface area contributed by atoms with Gasteiger partial charge in [0.25, 0.3) is 0 Å². The molecule has 1 saturated heterocycles. The SMILES string of the molecule is OCCN1CCN(c2cc(Cl)cc(Cl)c2)CC1. The normalized spacial score (nSPS) is 17.5. The zero-order valence-corrected chi connectivity index (χ0v) is 11.1. The summed E-state index contributed by atoms with van der Waals surface area (Å²) >= 11 is 12.0. The molecular weight excluding hydrogens is 259 g/mol. The molecule has 1 aromatic rings. The third kappa shape index (κ3) is 3.49. The first-order chi connectivity index (χ1) is 8.19. The van der Waals surface area contributed by atoms with Crippen molar-refractivity contribution in [3.63, 3.8) is 0 Å². The van der Waals surface area contributed by atoms with E-state index in [1.54, 1.807) is 6.07 Å². The number of piperazine rings is 1. The van der Waals surface area contributed by atoms with Gasteiger partial charge in [0.15, 0.2) is 0 Å². The van der Waals surface area contributed by atoms with Gasteiger partial charge in [0.2, 0.25) is 0 Å². The number of rotatable bonds is 3. The van der Waals surface area contributed by atoms with Gasteiger partial charge in [-0.15, -0.1) is 0 Å². The molecule has 0 saturated carbocycles. The van der Waals surface area contributed by atoms with E-state index in [-0.39, 0.29) is 6.61 Å². The van der Waals surface area contributed by atoms with E-state index < -0.39 is 0 Å². The van der Waals surface area contributed by atoms with Crippen LogP contribution in [0.4, 0.5) is 5.69 Å². The highest BCUT2D eigenvalue weighted by Gasteiger charge is 2.17. The number of aliphatic hydroxyl groups is 1. The number of nitrogens with zero attached hydrogens (tertiary/aromatic N) is 2. The van der Waals surface area contributed by atoms with Crippen LogP contribution in [-0.2, 0) is 0 Å². The summed E-state index contributed by atoms with van der Waals surface area (Å²) in [6.07, 6.45) is 0. The van der Waals surface area contributed by atoms with Gasteiger partial charge in [0.05, 0.1) is 6.61 Å². The number of halogens is 2. The number of hydrogen-bond donors (Lipinski definition) is 1. The molecule has 1 aromatic carbocycles. The molecule has 0 unspecified atom stereocenters. The van der Waals surface area contributed by atoms with Crippen molar-refractivity contribution < 1.29 is 5.11 Å². The van der Waals surface area contributed by atoms with E-state index in [0.717, 1.165) is 38.4 Å². The number of aliphatic hydroxyl groups excluding tert-OH is 1. The molecule has 1 heterocycles. The summed E-state index contributed by atoms with van der Waals surface area (Å²) in [5, 5.41) is 10.2.